The molecule has 1 unspecified atom stereocenters. The van der Waals surface area contributed by atoms with E-state index in [1.165, 1.54) is 5.56 Å². The maximum atomic E-state index is 13.1. The van der Waals surface area contributed by atoms with Gasteiger partial charge in [0.1, 0.15) is 5.82 Å². The van der Waals surface area contributed by atoms with Gasteiger partial charge in [0.15, 0.2) is 0 Å². The largest absolute Gasteiger partial charge is 0.385 e. The molecule has 0 fully saturated rings. The van der Waals surface area contributed by atoms with Gasteiger partial charge in [-0.1, -0.05) is 19.9 Å². The zero-order valence-corrected chi connectivity index (χ0v) is 10.6. The summed E-state index contributed by atoms with van der Waals surface area (Å²) in [5, 5.41) is 6.75. The average molecular weight is 236 g/mol. The second-order valence-electron chi connectivity index (χ2n) is 5.20. The molecule has 1 heterocycles. The molecule has 1 atom stereocenters. The van der Waals surface area contributed by atoms with Crippen molar-refractivity contribution in [1.82, 2.24) is 5.32 Å². The molecule has 0 aromatic heterocycles. The minimum Gasteiger partial charge on any atom is -0.385 e. The van der Waals surface area contributed by atoms with E-state index in [0.29, 0.717) is 11.8 Å². The van der Waals surface area contributed by atoms with Gasteiger partial charge in [0.05, 0.1) is 0 Å². The van der Waals surface area contributed by atoms with Crippen LogP contribution in [0, 0.1) is 11.7 Å². The first-order valence-corrected chi connectivity index (χ1v) is 6.41. The van der Waals surface area contributed by atoms with Crippen LogP contribution in [0.1, 0.15) is 31.7 Å². The molecule has 17 heavy (non-hydrogen) atoms. The lowest BCUT2D eigenvalue weighted by Gasteiger charge is -2.27. The predicted octanol–water partition coefficient (Wildman–Crippen LogP) is 2.97. The number of fused-ring (bicyclic) bond motifs is 1. The van der Waals surface area contributed by atoms with Crippen LogP contribution in [0.4, 0.5) is 10.1 Å². The molecule has 0 radical (unpaired) electrons. The van der Waals surface area contributed by atoms with Gasteiger partial charge < -0.3 is 10.6 Å². The molecule has 0 bridgehead atoms. The Labute approximate surface area is 103 Å². The van der Waals surface area contributed by atoms with Crippen molar-refractivity contribution in [3.63, 3.8) is 0 Å². The van der Waals surface area contributed by atoms with Gasteiger partial charge in [0.2, 0.25) is 0 Å². The summed E-state index contributed by atoms with van der Waals surface area (Å²) >= 11 is 0. The van der Waals surface area contributed by atoms with Crippen LogP contribution >= 0.6 is 0 Å². The summed E-state index contributed by atoms with van der Waals surface area (Å²) in [6.07, 6.45) is 1.11. The summed E-state index contributed by atoms with van der Waals surface area (Å²) in [7, 11) is 0. The lowest BCUT2D eigenvalue weighted by Crippen LogP contribution is -2.29. The Hall–Kier alpha value is -1.09. The molecule has 3 heteroatoms. The molecule has 1 aliphatic rings. The second-order valence-corrected chi connectivity index (χ2v) is 5.20. The van der Waals surface area contributed by atoms with Gasteiger partial charge in [0, 0.05) is 24.7 Å². The van der Waals surface area contributed by atoms with Crippen LogP contribution in [0.15, 0.2) is 18.2 Å². The van der Waals surface area contributed by atoms with E-state index in [1.54, 1.807) is 12.1 Å². The second kappa shape index (κ2) is 5.50. The van der Waals surface area contributed by atoms with Crippen molar-refractivity contribution in [3.8, 4) is 0 Å². The highest BCUT2D eigenvalue weighted by Crippen LogP contribution is 2.31. The Morgan fingerprint density at radius 2 is 2.29 bits per heavy atom. The van der Waals surface area contributed by atoms with Crippen LogP contribution in [-0.4, -0.2) is 19.6 Å². The van der Waals surface area contributed by atoms with Crippen molar-refractivity contribution >= 4 is 5.69 Å². The van der Waals surface area contributed by atoms with E-state index >= 15 is 0 Å². The molecule has 0 saturated heterocycles. The van der Waals surface area contributed by atoms with Gasteiger partial charge in [-0.3, -0.25) is 0 Å². The SMILES string of the molecule is CC(C)CNCC1CCNc2cc(F)ccc21. The first-order chi connectivity index (χ1) is 8.16. The number of rotatable bonds is 4. The minimum absolute atomic E-state index is 0.160. The first kappa shape index (κ1) is 12.4. The third-order valence-electron chi connectivity index (χ3n) is 3.21. The van der Waals surface area contributed by atoms with Gasteiger partial charge in [-0.05, 0) is 36.6 Å². The highest BCUT2D eigenvalue weighted by molar-refractivity contribution is 5.55. The van der Waals surface area contributed by atoms with E-state index in [1.807, 2.05) is 6.07 Å². The summed E-state index contributed by atoms with van der Waals surface area (Å²) in [5.41, 5.74) is 2.21. The number of hydrogen-bond donors (Lipinski definition) is 2. The van der Waals surface area contributed by atoms with Crippen LogP contribution in [0.25, 0.3) is 0 Å². The summed E-state index contributed by atoms with van der Waals surface area (Å²) in [6, 6.07) is 5.07. The fourth-order valence-corrected chi connectivity index (χ4v) is 2.33. The van der Waals surface area contributed by atoms with E-state index in [0.717, 1.165) is 31.7 Å². The summed E-state index contributed by atoms with van der Waals surface area (Å²) < 4.78 is 13.1. The quantitative estimate of drug-likeness (QED) is 0.840. The molecule has 2 rings (SSSR count). The van der Waals surface area contributed by atoms with E-state index in [2.05, 4.69) is 24.5 Å². The van der Waals surface area contributed by atoms with Gasteiger partial charge in [-0.25, -0.2) is 4.39 Å². The number of nitrogens with one attached hydrogen (secondary N) is 2. The van der Waals surface area contributed by atoms with Crippen LogP contribution in [0.3, 0.4) is 0 Å². The lowest BCUT2D eigenvalue weighted by atomic mass is 9.91. The monoisotopic (exact) mass is 236 g/mol. The molecule has 2 N–H and O–H groups in total. The van der Waals surface area contributed by atoms with E-state index in [-0.39, 0.29) is 5.82 Å². The topological polar surface area (TPSA) is 24.1 Å². The maximum Gasteiger partial charge on any atom is 0.125 e. The normalized spacial score (nSPS) is 18.9. The standard InChI is InChI=1S/C14H21FN2/c1-10(2)8-16-9-11-5-6-17-14-7-12(15)3-4-13(11)14/h3-4,7,10-11,16-17H,5-6,8-9H2,1-2H3. The van der Waals surface area contributed by atoms with Crippen molar-refractivity contribution in [2.75, 3.05) is 25.0 Å². The number of anilines is 1. The average Bonchev–Trinajstić information content (AvgIpc) is 2.28. The first-order valence-electron chi connectivity index (χ1n) is 6.41. The van der Waals surface area contributed by atoms with Crippen LogP contribution in [0.2, 0.25) is 0 Å². The molecule has 2 nitrogen and oxygen atoms in total. The van der Waals surface area contributed by atoms with Crippen molar-refractivity contribution < 1.29 is 4.39 Å². The Morgan fingerprint density at radius 1 is 1.47 bits per heavy atom. The van der Waals surface area contributed by atoms with Gasteiger partial charge in [0.25, 0.3) is 0 Å². The molecular weight excluding hydrogens is 215 g/mol. The third-order valence-corrected chi connectivity index (χ3v) is 3.21. The van der Waals surface area contributed by atoms with Crippen molar-refractivity contribution in [3.05, 3.63) is 29.6 Å². The predicted molar refractivity (Wildman–Crippen MR) is 70.0 cm³/mol. The Kier molecular flexibility index (Phi) is 4.00. The Balaban J connectivity index is 2.02. The summed E-state index contributed by atoms with van der Waals surface area (Å²) in [5.74, 6) is 1.02. The fraction of sp³-hybridized carbons (Fsp3) is 0.571. The smallest absolute Gasteiger partial charge is 0.125 e. The third kappa shape index (κ3) is 3.19. The maximum absolute atomic E-state index is 13.1. The summed E-state index contributed by atoms with van der Waals surface area (Å²) in [6.45, 7) is 7.38. The van der Waals surface area contributed by atoms with Crippen LogP contribution < -0.4 is 10.6 Å². The number of halogens is 1. The molecule has 1 aromatic rings. The molecule has 94 valence electrons. The van der Waals surface area contributed by atoms with Gasteiger partial charge in [-0.2, -0.15) is 0 Å². The number of hydrogen-bond acceptors (Lipinski definition) is 2. The zero-order valence-electron chi connectivity index (χ0n) is 10.6. The zero-order chi connectivity index (χ0) is 12.3. The molecule has 1 aromatic carbocycles. The molecule has 0 saturated carbocycles. The Bertz CT molecular complexity index is 376. The fourth-order valence-electron chi connectivity index (χ4n) is 2.33. The van der Waals surface area contributed by atoms with E-state index in [9.17, 15) is 4.39 Å². The van der Waals surface area contributed by atoms with E-state index < -0.39 is 0 Å². The lowest BCUT2D eigenvalue weighted by molar-refractivity contribution is 0.500. The van der Waals surface area contributed by atoms with Crippen LogP contribution in [-0.2, 0) is 0 Å². The van der Waals surface area contributed by atoms with Crippen molar-refractivity contribution in [2.45, 2.75) is 26.2 Å². The minimum atomic E-state index is -0.160. The molecule has 0 spiro atoms. The molecular formula is C14H21FN2. The molecule has 0 aliphatic carbocycles. The van der Waals surface area contributed by atoms with Crippen molar-refractivity contribution in [1.29, 1.82) is 0 Å². The van der Waals surface area contributed by atoms with Gasteiger partial charge >= 0.3 is 0 Å². The highest BCUT2D eigenvalue weighted by Gasteiger charge is 2.19. The van der Waals surface area contributed by atoms with Crippen LogP contribution in [0.5, 0.6) is 0 Å². The molecule has 0 amide bonds. The Morgan fingerprint density at radius 3 is 3.06 bits per heavy atom. The highest BCUT2D eigenvalue weighted by atomic mass is 19.1. The van der Waals surface area contributed by atoms with Gasteiger partial charge in [-0.15, -0.1) is 0 Å². The van der Waals surface area contributed by atoms with E-state index in [4.69, 9.17) is 0 Å². The molecule has 1 aliphatic heterocycles. The number of benzene rings is 1. The van der Waals surface area contributed by atoms with Crippen molar-refractivity contribution in [2.24, 2.45) is 5.92 Å². The summed E-state index contributed by atoms with van der Waals surface area (Å²) in [4.78, 5) is 0.